The van der Waals surface area contributed by atoms with Crippen LogP contribution in [0.15, 0.2) is 12.1 Å². The lowest BCUT2D eigenvalue weighted by atomic mass is 9.98. The number of rotatable bonds is 7. The Morgan fingerprint density at radius 1 is 1.47 bits per heavy atom. The number of carboxylic acids is 1. The van der Waals surface area contributed by atoms with Crippen LogP contribution in [-0.2, 0) is 16.1 Å². The number of carbonyl (C=O) groups is 1. The lowest BCUT2D eigenvalue weighted by molar-refractivity contribution is -0.137. The molecule has 0 aromatic heterocycles. The quantitative estimate of drug-likeness (QED) is 0.790. The van der Waals surface area contributed by atoms with Gasteiger partial charge in [-0.25, -0.2) is 4.39 Å². The molecule has 0 bridgehead atoms. The standard InChI is InChI=1S/C13H18FNO4/c1-18-7-8-3-5-10(19-2)12(13(8)14)9(15)4-6-11(16)17/h3,5,9H,4,6-7,15H2,1-2H3,(H,16,17). The van der Waals surface area contributed by atoms with Crippen LogP contribution in [0.3, 0.4) is 0 Å². The summed E-state index contributed by atoms with van der Waals surface area (Å²) in [7, 11) is 2.88. The molecule has 106 valence electrons. The number of aliphatic carboxylic acids is 1. The van der Waals surface area contributed by atoms with Gasteiger partial charge in [-0.3, -0.25) is 4.79 Å². The molecule has 0 fully saturated rings. The second-order valence-corrected chi connectivity index (χ2v) is 4.13. The van der Waals surface area contributed by atoms with Crippen molar-refractivity contribution < 1.29 is 23.8 Å². The molecule has 0 saturated heterocycles. The Balaban J connectivity index is 3.07. The zero-order chi connectivity index (χ0) is 14.4. The Labute approximate surface area is 111 Å². The van der Waals surface area contributed by atoms with Gasteiger partial charge in [-0.1, -0.05) is 6.07 Å². The van der Waals surface area contributed by atoms with Crippen molar-refractivity contribution in [2.45, 2.75) is 25.5 Å². The molecule has 0 aliphatic rings. The predicted molar refractivity (Wildman–Crippen MR) is 67.5 cm³/mol. The van der Waals surface area contributed by atoms with E-state index in [-0.39, 0.29) is 25.0 Å². The summed E-state index contributed by atoms with van der Waals surface area (Å²) in [5, 5.41) is 8.64. The third kappa shape index (κ3) is 3.90. The molecule has 1 rings (SSSR count). The van der Waals surface area contributed by atoms with E-state index in [1.54, 1.807) is 12.1 Å². The van der Waals surface area contributed by atoms with Gasteiger partial charge in [-0.2, -0.15) is 0 Å². The number of ether oxygens (including phenoxy) is 2. The summed E-state index contributed by atoms with van der Waals surface area (Å²) >= 11 is 0. The Hall–Kier alpha value is -1.66. The van der Waals surface area contributed by atoms with Crippen molar-refractivity contribution in [2.24, 2.45) is 5.73 Å². The number of halogens is 1. The van der Waals surface area contributed by atoms with Crippen LogP contribution < -0.4 is 10.5 Å². The molecule has 0 saturated carbocycles. The summed E-state index contributed by atoms with van der Waals surface area (Å²) in [6.07, 6.45) is 0.0112. The van der Waals surface area contributed by atoms with Gasteiger partial charge in [0.1, 0.15) is 11.6 Å². The van der Waals surface area contributed by atoms with Crippen LogP contribution in [-0.4, -0.2) is 25.3 Å². The minimum absolute atomic E-state index is 0.120. The highest BCUT2D eigenvalue weighted by Gasteiger charge is 2.20. The van der Waals surface area contributed by atoms with Crippen LogP contribution in [0.5, 0.6) is 5.75 Å². The number of methoxy groups -OCH3 is 2. The average molecular weight is 271 g/mol. The average Bonchev–Trinajstić information content (AvgIpc) is 2.38. The molecule has 6 heteroatoms. The van der Waals surface area contributed by atoms with Crippen molar-refractivity contribution >= 4 is 5.97 Å². The molecule has 3 N–H and O–H groups in total. The first kappa shape index (κ1) is 15.4. The minimum Gasteiger partial charge on any atom is -0.496 e. The molecule has 1 atom stereocenters. The zero-order valence-electron chi connectivity index (χ0n) is 11.0. The van der Waals surface area contributed by atoms with E-state index in [4.69, 9.17) is 20.3 Å². The summed E-state index contributed by atoms with van der Waals surface area (Å²) in [5.74, 6) is -1.16. The number of nitrogens with two attached hydrogens (primary N) is 1. The van der Waals surface area contributed by atoms with Crippen molar-refractivity contribution in [2.75, 3.05) is 14.2 Å². The summed E-state index contributed by atoms with van der Waals surface area (Å²) in [5.41, 5.74) is 6.42. The van der Waals surface area contributed by atoms with Crippen molar-refractivity contribution in [1.82, 2.24) is 0 Å². The first-order chi connectivity index (χ1) is 9.01. The summed E-state index contributed by atoms with van der Waals surface area (Å²) < 4.78 is 24.3. The van der Waals surface area contributed by atoms with E-state index in [9.17, 15) is 9.18 Å². The van der Waals surface area contributed by atoms with Crippen LogP contribution in [0, 0.1) is 5.82 Å². The number of hydrogen-bond acceptors (Lipinski definition) is 4. The smallest absolute Gasteiger partial charge is 0.303 e. The third-order valence-electron chi connectivity index (χ3n) is 2.78. The number of benzene rings is 1. The van der Waals surface area contributed by atoms with Gasteiger partial charge in [0.25, 0.3) is 0 Å². The lowest BCUT2D eigenvalue weighted by Crippen LogP contribution is -2.16. The molecule has 1 unspecified atom stereocenters. The molecule has 19 heavy (non-hydrogen) atoms. The summed E-state index contributed by atoms with van der Waals surface area (Å²) in [6, 6.07) is 2.43. The molecule has 0 radical (unpaired) electrons. The highest BCUT2D eigenvalue weighted by molar-refractivity contribution is 5.66. The van der Waals surface area contributed by atoms with Crippen LogP contribution in [0.25, 0.3) is 0 Å². The molecule has 0 heterocycles. The second-order valence-electron chi connectivity index (χ2n) is 4.13. The fourth-order valence-corrected chi connectivity index (χ4v) is 1.83. The highest BCUT2D eigenvalue weighted by Crippen LogP contribution is 2.31. The highest BCUT2D eigenvalue weighted by atomic mass is 19.1. The third-order valence-corrected chi connectivity index (χ3v) is 2.78. The van der Waals surface area contributed by atoms with Gasteiger partial charge in [0.2, 0.25) is 0 Å². The van der Waals surface area contributed by atoms with E-state index >= 15 is 0 Å². The SMILES string of the molecule is COCc1ccc(OC)c(C(N)CCC(=O)O)c1F. The van der Waals surface area contributed by atoms with E-state index in [0.717, 1.165) is 0 Å². The number of hydrogen-bond donors (Lipinski definition) is 2. The Morgan fingerprint density at radius 2 is 2.16 bits per heavy atom. The van der Waals surface area contributed by atoms with Crippen molar-refractivity contribution in [1.29, 1.82) is 0 Å². The predicted octanol–water partition coefficient (Wildman–Crippen LogP) is 1.85. The van der Waals surface area contributed by atoms with Crippen molar-refractivity contribution in [3.8, 4) is 5.75 Å². The molecule has 5 nitrogen and oxygen atoms in total. The Kier molecular flexibility index (Phi) is 5.72. The monoisotopic (exact) mass is 271 g/mol. The maximum atomic E-state index is 14.3. The molecule has 0 spiro atoms. The molecular formula is C13H18FNO4. The van der Waals surface area contributed by atoms with Gasteiger partial charge in [-0.05, 0) is 12.5 Å². The van der Waals surface area contributed by atoms with Crippen LogP contribution >= 0.6 is 0 Å². The van der Waals surface area contributed by atoms with E-state index in [0.29, 0.717) is 11.3 Å². The summed E-state index contributed by atoms with van der Waals surface area (Å²) in [4.78, 5) is 10.5. The fraction of sp³-hybridized carbons (Fsp3) is 0.462. The Morgan fingerprint density at radius 3 is 2.68 bits per heavy atom. The van der Waals surface area contributed by atoms with Crippen molar-refractivity contribution in [3.05, 3.63) is 29.1 Å². The van der Waals surface area contributed by atoms with Crippen LogP contribution in [0.4, 0.5) is 4.39 Å². The van der Waals surface area contributed by atoms with Gasteiger partial charge in [0.15, 0.2) is 0 Å². The molecule has 0 amide bonds. The van der Waals surface area contributed by atoms with Gasteiger partial charge in [0, 0.05) is 30.7 Å². The largest absolute Gasteiger partial charge is 0.496 e. The van der Waals surface area contributed by atoms with Crippen molar-refractivity contribution in [3.63, 3.8) is 0 Å². The normalized spacial score (nSPS) is 12.2. The maximum absolute atomic E-state index is 14.3. The van der Waals surface area contributed by atoms with E-state index in [2.05, 4.69) is 0 Å². The Bertz CT molecular complexity index is 451. The molecule has 1 aromatic carbocycles. The topological polar surface area (TPSA) is 81.8 Å². The maximum Gasteiger partial charge on any atom is 0.303 e. The van der Waals surface area contributed by atoms with Crippen LogP contribution in [0.1, 0.15) is 30.0 Å². The van der Waals surface area contributed by atoms with E-state index in [1.807, 2.05) is 0 Å². The number of carboxylic acid groups (broad SMARTS) is 1. The molecule has 0 aliphatic carbocycles. The van der Waals surface area contributed by atoms with E-state index in [1.165, 1.54) is 14.2 Å². The second kappa shape index (κ2) is 7.06. The first-order valence-electron chi connectivity index (χ1n) is 5.82. The zero-order valence-corrected chi connectivity index (χ0v) is 11.0. The van der Waals surface area contributed by atoms with Crippen LogP contribution in [0.2, 0.25) is 0 Å². The molecule has 1 aromatic rings. The molecule has 0 aliphatic heterocycles. The van der Waals surface area contributed by atoms with E-state index < -0.39 is 17.8 Å². The lowest BCUT2D eigenvalue weighted by Gasteiger charge is -2.17. The minimum atomic E-state index is -0.970. The molecular weight excluding hydrogens is 253 g/mol. The fourth-order valence-electron chi connectivity index (χ4n) is 1.83. The first-order valence-corrected chi connectivity index (χ1v) is 5.82. The van der Waals surface area contributed by atoms with Gasteiger partial charge in [0.05, 0.1) is 13.7 Å². The van der Waals surface area contributed by atoms with Gasteiger partial charge >= 0.3 is 5.97 Å². The van der Waals surface area contributed by atoms with Gasteiger partial charge < -0.3 is 20.3 Å². The van der Waals surface area contributed by atoms with Gasteiger partial charge in [-0.15, -0.1) is 0 Å². The summed E-state index contributed by atoms with van der Waals surface area (Å²) in [6.45, 7) is 0.120.